The summed E-state index contributed by atoms with van der Waals surface area (Å²) in [7, 11) is 1.51. The first-order valence-electron chi connectivity index (χ1n) is 20.1. The number of allylic oxidation sites excluding steroid dienone is 3. The fraction of sp³-hybridized carbons (Fsp3) is 0.463. The molecule has 4 aromatic heterocycles. The number of aromatic amines is 1. The number of aliphatic hydroxyl groups is 2. The minimum atomic E-state index is -0.853. The zero-order valence-corrected chi connectivity index (χ0v) is 34.1. The van der Waals surface area contributed by atoms with Gasteiger partial charge in [-0.05, 0) is 64.4 Å². The van der Waals surface area contributed by atoms with Gasteiger partial charge >= 0.3 is 11.9 Å². The first-order valence-corrected chi connectivity index (χ1v) is 20.1. The van der Waals surface area contributed by atoms with E-state index in [2.05, 4.69) is 41.3 Å². The number of carboxylic acid groups (broad SMARTS) is 1. The molecule has 5 aromatic rings. The van der Waals surface area contributed by atoms with Crippen LogP contribution in [0.2, 0.25) is 0 Å². The summed E-state index contributed by atoms with van der Waals surface area (Å²) in [5.41, 5.74) is 11.0. The lowest BCUT2D eigenvalue weighted by atomic mass is 9.94. The Kier molecular flexibility index (Phi) is 12.9. The number of H-pyrrole nitrogens is 1. The number of imidazole rings is 2. The van der Waals surface area contributed by atoms with Crippen molar-refractivity contribution in [2.45, 2.75) is 96.2 Å². The number of nitrogen functional groups attached to an aromatic ring is 1. The second-order valence-electron chi connectivity index (χ2n) is 15.4. The number of esters is 1. The Morgan fingerprint density at radius 1 is 1.03 bits per heavy atom. The molecule has 2 aliphatic carbocycles. The van der Waals surface area contributed by atoms with Crippen molar-refractivity contribution in [2.24, 2.45) is 5.92 Å². The van der Waals surface area contributed by atoms with E-state index >= 15 is 0 Å². The van der Waals surface area contributed by atoms with Crippen LogP contribution >= 0.6 is 0 Å². The number of aliphatic hydroxyl groups excluding tert-OH is 2. The monoisotopic (exact) mass is 842 g/mol. The molecule has 4 aliphatic rings. The lowest BCUT2D eigenvalue weighted by molar-refractivity contribution is -0.136. The quantitative estimate of drug-likeness (QED) is 0.0697. The van der Waals surface area contributed by atoms with Gasteiger partial charge in [0.05, 0.1) is 44.8 Å². The van der Waals surface area contributed by atoms with E-state index in [1.165, 1.54) is 13.4 Å². The van der Waals surface area contributed by atoms with Crippen LogP contribution in [0.25, 0.3) is 22.3 Å². The molecular weight excluding hydrogens is 793 g/mol. The molecule has 2 fully saturated rings. The molecule has 324 valence electrons. The molecule has 1 saturated carbocycles. The van der Waals surface area contributed by atoms with Crippen LogP contribution in [0.4, 0.5) is 11.8 Å². The van der Waals surface area contributed by atoms with Crippen LogP contribution in [-0.2, 0) is 27.3 Å². The fourth-order valence-corrected chi connectivity index (χ4v) is 7.60. The third-order valence-corrected chi connectivity index (χ3v) is 11.1. The Balaban J connectivity index is 0.000000139. The van der Waals surface area contributed by atoms with E-state index in [1.807, 2.05) is 30.6 Å². The van der Waals surface area contributed by atoms with Gasteiger partial charge in [0.2, 0.25) is 5.95 Å². The van der Waals surface area contributed by atoms with E-state index in [0.717, 1.165) is 60.2 Å². The molecule has 4 atom stereocenters. The number of aromatic nitrogens is 8. The van der Waals surface area contributed by atoms with Crippen molar-refractivity contribution in [1.29, 1.82) is 0 Å². The number of carbonyl (C=O) groups excluding carboxylic acids is 1. The minimum Gasteiger partial charge on any atom is -0.507 e. The van der Waals surface area contributed by atoms with Crippen molar-refractivity contribution in [1.82, 2.24) is 39.0 Å². The van der Waals surface area contributed by atoms with Crippen LogP contribution < -0.4 is 21.3 Å². The molecule has 0 radical (unpaired) electrons. The third kappa shape index (κ3) is 9.35. The molecule has 0 unspecified atom stereocenters. The summed E-state index contributed by atoms with van der Waals surface area (Å²) in [6.45, 7) is 3.98. The Bertz CT molecular complexity index is 2540. The maximum atomic E-state index is 11.8. The standard InChI is InChI=1S/C17H20O6.C14H18N6O.C10H12N4O3/c1-9(5-7-13(18)19)4-6-11-15(20)14-12(8-23-17(14)21)10(2)16(11)22-3;15-14-18-12(17-9-2-3-9)11-13(19-14)20(7-16-11)10-4-1-8(5-10)6-21;15-3-6-1-2-7(17-6)14-5-13-8-9(14)11-4-12-10(8)16/h4,20H,5-8H2,1-3H3,(H,18,19);1,4,7-10,21H,2-3,5-6H2,(H3,15,17,18,19);4-7,15H,1-3H2,(H,11,12,16)/b9-4+;;/t;8-,10+;6-,7+/m.10/s1. The van der Waals surface area contributed by atoms with Gasteiger partial charge in [0, 0.05) is 36.1 Å². The SMILES string of the molecule is COc1c(C)c2c(c(O)c1C/C=C(\C)CCC(=O)O)C(=O)OC2.Nc1nc(NC2CC2)c2ncn([C@H]3C=C[C@@H](CO)C3)c2n1.O=c1[nH]cnc2c1ncn2[C@H]1CC[C@@H](CO)O1. The topological polar surface area (TPSA) is 288 Å². The van der Waals surface area contributed by atoms with E-state index < -0.39 is 11.9 Å². The number of nitrogens with two attached hydrogens (primary N) is 1. The Morgan fingerprint density at radius 2 is 1.80 bits per heavy atom. The first-order chi connectivity index (χ1) is 29.4. The number of ether oxygens (including phenoxy) is 3. The summed E-state index contributed by atoms with van der Waals surface area (Å²) in [6, 6.07) is 0.646. The number of benzene rings is 1. The second kappa shape index (κ2) is 18.5. The van der Waals surface area contributed by atoms with Crippen molar-refractivity contribution in [2.75, 3.05) is 31.4 Å². The van der Waals surface area contributed by atoms with E-state index in [0.29, 0.717) is 46.9 Å². The zero-order chi connectivity index (χ0) is 43.4. The maximum absolute atomic E-state index is 11.8. The molecule has 6 heterocycles. The molecule has 0 bridgehead atoms. The van der Waals surface area contributed by atoms with E-state index in [9.17, 15) is 24.6 Å². The highest BCUT2D eigenvalue weighted by molar-refractivity contribution is 5.98. The molecule has 20 nitrogen and oxygen atoms in total. The number of hydrogen-bond donors (Lipinski definition) is 7. The number of methoxy groups -OCH3 is 1. The van der Waals surface area contributed by atoms with Crippen LogP contribution in [0.1, 0.15) is 91.2 Å². The van der Waals surface area contributed by atoms with Gasteiger partial charge in [0.15, 0.2) is 28.1 Å². The van der Waals surface area contributed by atoms with Crippen LogP contribution in [0.15, 0.2) is 47.6 Å². The average molecular weight is 843 g/mol. The van der Waals surface area contributed by atoms with E-state index in [-0.39, 0.29) is 73.4 Å². The number of cyclic esters (lactones) is 1. The highest BCUT2D eigenvalue weighted by Crippen LogP contribution is 2.42. The van der Waals surface area contributed by atoms with Gasteiger partial charge in [-0.1, -0.05) is 23.8 Å². The number of carboxylic acids is 1. The molecule has 1 aromatic carbocycles. The van der Waals surface area contributed by atoms with E-state index in [1.54, 1.807) is 17.2 Å². The van der Waals surface area contributed by atoms with Crippen LogP contribution in [-0.4, -0.2) is 104 Å². The number of rotatable bonds is 12. The predicted molar refractivity (Wildman–Crippen MR) is 221 cm³/mol. The summed E-state index contributed by atoms with van der Waals surface area (Å²) in [5, 5.41) is 40.8. The number of aliphatic carboxylic acids is 1. The summed E-state index contributed by atoms with van der Waals surface area (Å²) in [6.07, 6.45) is 15.9. The van der Waals surface area contributed by atoms with Crippen molar-refractivity contribution >= 4 is 46.0 Å². The first kappa shape index (κ1) is 42.7. The van der Waals surface area contributed by atoms with Crippen LogP contribution in [0.3, 0.4) is 0 Å². The number of nitrogens with zero attached hydrogens (tertiary/aromatic N) is 7. The molecule has 1 saturated heterocycles. The lowest BCUT2D eigenvalue weighted by Gasteiger charge is -2.15. The van der Waals surface area contributed by atoms with Crippen molar-refractivity contribution in [3.63, 3.8) is 0 Å². The highest BCUT2D eigenvalue weighted by Gasteiger charge is 2.32. The molecule has 8 N–H and O–H groups in total. The normalized spacial score (nSPS) is 20.5. The van der Waals surface area contributed by atoms with Gasteiger partial charge in [0.25, 0.3) is 5.56 Å². The summed E-state index contributed by atoms with van der Waals surface area (Å²) >= 11 is 0. The second-order valence-corrected chi connectivity index (χ2v) is 15.4. The van der Waals surface area contributed by atoms with Crippen molar-refractivity contribution < 1.29 is 44.2 Å². The number of fused-ring (bicyclic) bond motifs is 3. The molecular formula is C41H50N10O10. The van der Waals surface area contributed by atoms with Crippen LogP contribution in [0, 0.1) is 12.8 Å². The van der Waals surface area contributed by atoms with Gasteiger partial charge in [-0.25, -0.2) is 19.7 Å². The number of carbonyl (C=O) groups is 2. The van der Waals surface area contributed by atoms with Gasteiger partial charge < -0.3 is 55.2 Å². The Hall–Kier alpha value is -6.38. The smallest absolute Gasteiger partial charge is 0.342 e. The molecule has 2 aliphatic heterocycles. The molecule has 9 rings (SSSR count). The Morgan fingerprint density at radius 3 is 2.49 bits per heavy atom. The summed E-state index contributed by atoms with van der Waals surface area (Å²) < 4.78 is 19.8. The zero-order valence-electron chi connectivity index (χ0n) is 34.1. The highest BCUT2D eigenvalue weighted by atomic mass is 16.5. The molecule has 61 heavy (non-hydrogen) atoms. The summed E-state index contributed by atoms with van der Waals surface area (Å²) in [5.74, 6) is 0.211. The summed E-state index contributed by atoms with van der Waals surface area (Å²) in [4.78, 5) is 57.6. The molecule has 0 amide bonds. The van der Waals surface area contributed by atoms with E-state index in [4.69, 9.17) is 30.2 Å². The third-order valence-electron chi connectivity index (χ3n) is 11.1. The fourth-order valence-electron chi connectivity index (χ4n) is 7.60. The average Bonchev–Trinajstić information content (AvgIpc) is 3.80. The number of aromatic hydroxyl groups is 1. The lowest BCUT2D eigenvalue weighted by Crippen LogP contribution is -2.14. The van der Waals surface area contributed by atoms with Gasteiger partial charge in [-0.2, -0.15) is 9.97 Å². The Labute approximate surface area is 349 Å². The number of nitrogens with one attached hydrogen (secondary N) is 2. The number of anilines is 2. The minimum absolute atomic E-state index is 0.0111. The van der Waals surface area contributed by atoms with Gasteiger partial charge in [0.1, 0.15) is 29.9 Å². The van der Waals surface area contributed by atoms with Gasteiger partial charge in [-0.3, -0.25) is 14.2 Å². The van der Waals surface area contributed by atoms with Crippen molar-refractivity contribution in [3.8, 4) is 11.5 Å². The number of hydrogen-bond acceptors (Lipinski definition) is 16. The van der Waals surface area contributed by atoms with Crippen LogP contribution in [0.5, 0.6) is 11.5 Å². The van der Waals surface area contributed by atoms with Crippen molar-refractivity contribution in [3.05, 3.63) is 75.4 Å². The molecule has 0 spiro atoms. The predicted octanol–water partition coefficient (Wildman–Crippen LogP) is 3.62. The maximum Gasteiger partial charge on any atom is 0.342 e. The number of phenols is 1. The number of phenolic OH excluding ortho intramolecular Hbond substituents is 1. The molecule has 20 heteroatoms. The largest absolute Gasteiger partial charge is 0.507 e. The van der Waals surface area contributed by atoms with Gasteiger partial charge in [-0.15, -0.1) is 0 Å².